The van der Waals surface area contributed by atoms with Crippen LogP contribution in [0.25, 0.3) is 10.6 Å². The van der Waals surface area contributed by atoms with E-state index in [0.717, 1.165) is 38.4 Å². The number of benzene rings is 1. The number of nitrogens with one attached hydrogen (secondary N) is 1. The highest BCUT2D eigenvalue weighted by atomic mass is 32.1. The highest BCUT2D eigenvalue weighted by Gasteiger charge is 2.16. The molecule has 1 atom stereocenters. The van der Waals surface area contributed by atoms with Crippen molar-refractivity contribution >= 4 is 11.3 Å². The van der Waals surface area contributed by atoms with Crippen molar-refractivity contribution < 1.29 is 4.74 Å². The normalized spacial score (nSPS) is 17.2. The van der Waals surface area contributed by atoms with E-state index >= 15 is 0 Å². The number of nitrogens with zero attached hydrogens (tertiary/aromatic N) is 2. The summed E-state index contributed by atoms with van der Waals surface area (Å²) < 4.78 is 7.75. The molecule has 0 amide bonds. The van der Waals surface area contributed by atoms with E-state index in [-0.39, 0.29) is 0 Å². The Labute approximate surface area is 152 Å². The first-order valence-corrected chi connectivity index (χ1v) is 9.73. The Hall–Kier alpha value is -1.95. The number of thiophene rings is 1. The summed E-state index contributed by atoms with van der Waals surface area (Å²) in [5.41, 5.74) is 3.60. The van der Waals surface area contributed by atoms with Gasteiger partial charge in [0.05, 0.1) is 17.5 Å². The van der Waals surface area contributed by atoms with Crippen LogP contribution in [0.1, 0.15) is 24.0 Å². The van der Waals surface area contributed by atoms with E-state index in [1.54, 1.807) is 11.3 Å². The van der Waals surface area contributed by atoms with Gasteiger partial charge in [-0.1, -0.05) is 36.4 Å². The van der Waals surface area contributed by atoms with E-state index in [1.165, 1.54) is 22.4 Å². The number of hydrogen-bond donors (Lipinski definition) is 1. The lowest BCUT2D eigenvalue weighted by Gasteiger charge is -2.10. The molecule has 1 unspecified atom stereocenters. The predicted molar refractivity (Wildman–Crippen MR) is 102 cm³/mol. The van der Waals surface area contributed by atoms with Crippen molar-refractivity contribution in [3.05, 3.63) is 65.2 Å². The molecule has 1 aliphatic heterocycles. The monoisotopic (exact) mass is 353 g/mol. The first-order valence-electron chi connectivity index (χ1n) is 8.85. The van der Waals surface area contributed by atoms with Crippen LogP contribution < -0.4 is 5.32 Å². The number of rotatable bonds is 7. The van der Waals surface area contributed by atoms with E-state index in [0.29, 0.717) is 6.10 Å². The average molecular weight is 353 g/mol. The van der Waals surface area contributed by atoms with Crippen LogP contribution in [-0.4, -0.2) is 29.0 Å². The molecule has 1 saturated heterocycles. The molecule has 3 aromatic rings. The van der Waals surface area contributed by atoms with Crippen molar-refractivity contribution in [1.29, 1.82) is 0 Å². The number of ether oxygens (including phenoxy) is 1. The summed E-state index contributed by atoms with van der Waals surface area (Å²) >= 11 is 1.74. The summed E-state index contributed by atoms with van der Waals surface area (Å²) in [4.78, 5) is 1.22. The third-order valence-electron chi connectivity index (χ3n) is 4.49. The molecular weight excluding hydrogens is 330 g/mol. The topological polar surface area (TPSA) is 39.1 Å². The van der Waals surface area contributed by atoms with Crippen molar-refractivity contribution in [2.24, 2.45) is 0 Å². The van der Waals surface area contributed by atoms with Gasteiger partial charge in [-0.3, -0.25) is 4.68 Å². The van der Waals surface area contributed by atoms with Gasteiger partial charge in [0.2, 0.25) is 0 Å². The van der Waals surface area contributed by atoms with Gasteiger partial charge < -0.3 is 10.1 Å². The van der Waals surface area contributed by atoms with Gasteiger partial charge in [-0.15, -0.1) is 11.3 Å². The largest absolute Gasteiger partial charge is 0.377 e. The molecule has 3 heterocycles. The van der Waals surface area contributed by atoms with E-state index in [2.05, 4.69) is 53.3 Å². The molecule has 2 aromatic heterocycles. The lowest BCUT2D eigenvalue weighted by molar-refractivity contribution is 0.110. The van der Waals surface area contributed by atoms with Crippen LogP contribution in [0.5, 0.6) is 0 Å². The van der Waals surface area contributed by atoms with E-state index in [1.807, 2.05) is 10.7 Å². The van der Waals surface area contributed by atoms with E-state index in [9.17, 15) is 0 Å². The second kappa shape index (κ2) is 7.95. The Morgan fingerprint density at radius 3 is 2.88 bits per heavy atom. The molecule has 0 saturated carbocycles. The Morgan fingerprint density at radius 1 is 1.20 bits per heavy atom. The molecule has 0 spiro atoms. The molecule has 4 rings (SSSR count). The van der Waals surface area contributed by atoms with Crippen LogP contribution in [-0.2, 0) is 17.8 Å². The fourth-order valence-corrected chi connectivity index (χ4v) is 3.98. The van der Waals surface area contributed by atoms with Crippen LogP contribution in [0.4, 0.5) is 0 Å². The third kappa shape index (κ3) is 4.18. The minimum absolute atomic E-state index is 0.365. The van der Waals surface area contributed by atoms with Gasteiger partial charge in [0, 0.05) is 31.5 Å². The molecule has 5 heteroatoms. The number of hydrogen-bond acceptors (Lipinski definition) is 4. The van der Waals surface area contributed by atoms with Gasteiger partial charge in [-0.05, 0) is 29.9 Å². The molecule has 4 nitrogen and oxygen atoms in total. The van der Waals surface area contributed by atoms with Gasteiger partial charge in [-0.2, -0.15) is 5.10 Å². The first kappa shape index (κ1) is 16.5. The first-order chi connectivity index (χ1) is 12.4. The van der Waals surface area contributed by atoms with Gasteiger partial charge in [0.15, 0.2) is 0 Å². The molecule has 0 aliphatic carbocycles. The molecule has 1 aliphatic rings. The van der Waals surface area contributed by atoms with Crippen LogP contribution in [0.3, 0.4) is 0 Å². The van der Waals surface area contributed by atoms with Gasteiger partial charge in [0.25, 0.3) is 0 Å². The van der Waals surface area contributed by atoms with Gasteiger partial charge in [0.1, 0.15) is 5.69 Å². The fourth-order valence-electron chi connectivity index (χ4n) is 3.24. The zero-order valence-electron chi connectivity index (χ0n) is 14.2. The Morgan fingerprint density at radius 2 is 2.12 bits per heavy atom. The summed E-state index contributed by atoms with van der Waals surface area (Å²) in [6.45, 7) is 3.43. The van der Waals surface area contributed by atoms with Crippen molar-refractivity contribution in [2.75, 3.05) is 13.2 Å². The zero-order chi connectivity index (χ0) is 16.9. The van der Waals surface area contributed by atoms with Gasteiger partial charge >= 0.3 is 0 Å². The fraction of sp³-hybridized carbons (Fsp3) is 0.350. The van der Waals surface area contributed by atoms with Crippen molar-refractivity contribution in [2.45, 2.75) is 32.0 Å². The van der Waals surface area contributed by atoms with Crippen LogP contribution in [0, 0.1) is 0 Å². The predicted octanol–water partition coefficient (Wildman–Crippen LogP) is 3.93. The highest BCUT2D eigenvalue weighted by molar-refractivity contribution is 7.13. The SMILES string of the molecule is c1ccc(Cn2cc(CNCC3CCCO3)c(-c3cccs3)n2)cc1. The Kier molecular flexibility index (Phi) is 5.25. The molecule has 1 fully saturated rings. The molecule has 130 valence electrons. The summed E-state index contributed by atoms with van der Waals surface area (Å²) in [7, 11) is 0. The summed E-state index contributed by atoms with van der Waals surface area (Å²) in [5, 5.41) is 10.5. The molecule has 1 N–H and O–H groups in total. The van der Waals surface area contributed by atoms with Crippen LogP contribution in [0.15, 0.2) is 54.0 Å². The highest BCUT2D eigenvalue weighted by Crippen LogP contribution is 2.27. The van der Waals surface area contributed by atoms with Crippen molar-refractivity contribution in [3.8, 4) is 10.6 Å². The molecular formula is C20H23N3OS. The second-order valence-corrected chi connectivity index (χ2v) is 7.38. The molecule has 0 radical (unpaired) electrons. The van der Waals surface area contributed by atoms with E-state index < -0.39 is 0 Å². The van der Waals surface area contributed by atoms with Crippen LogP contribution in [0.2, 0.25) is 0 Å². The van der Waals surface area contributed by atoms with E-state index in [4.69, 9.17) is 9.84 Å². The Balaban J connectivity index is 1.49. The molecule has 1 aromatic carbocycles. The molecule has 0 bridgehead atoms. The second-order valence-electron chi connectivity index (χ2n) is 6.43. The standard InChI is InChI=1S/C20H23N3OS/c1-2-6-16(7-3-1)14-23-15-17(12-21-13-18-8-4-10-24-18)20(22-23)19-9-5-11-25-19/h1-3,5-7,9,11,15,18,21H,4,8,10,12-14H2. The quantitative estimate of drug-likeness (QED) is 0.699. The lowest BCUT2D eigenvalue weighted by Crippen LogP contribution is -2.25. The maximum Gasteiger partial charge on any atom is 0.107 e. The Bertz CT molecular complexity index is 777. The maximum absolute atomic E-state index is 5.70. The van der Waals surface area contributed by atoms with Crippen molar-refractivity contribution in [3.63, 3.8) is 0 Å². The summed E-state index contributed by atoms with van der Waals surface area (Å²) in [6, 6.07) is 14.7. The smallest absolute Gasteiger partial charge is 0.107 e. The number of aromatic nitrogens is 2. The van der Waals surface area contributed by atoms with Crippen LogP contribution >= 0.6 is 11.3 Å². The third-order valence-corrected chi connectivity index (χ3v) is 5.37. The lowest BCUT2D eigenvalue weighted by atomic mass is 10.2. The maximum atomic E-state index is 5.70. The minimum atomic E-state index is 0.365. The van der Waals surface area contributed by atoms with Crippen molar-refractivity contribution in [1.82, 2.24) is 15.1 Å². The minimum Gasteiger partial charge on any atom is -0.377 e. The molecule has 25 heavy (non-hydrogen) atoms. The van der Waals surface area contributed by atoms with Gasteiger partial charge in [-0.25, -0.2) is 0 Å². The zero-order valence-corrected chi connectivity index (χ0v) is 15.0. The average Bonchev–Trinajstić information content (AvgIpc) is 3.38. The summed E-state index contributed by atoms with van der Waals surface area (Å²) in [5.74, 6) is 0. The summed E-state index contributed by atoms with van der Waals surface area (Å²) in [6.07, 6.45) is 4.88.